The van der Waals surface area contributed by atoms with Gasteiger partial charge >= 0.3 is 0 Å². The molecule has 1 aromatic carbocycles. The van der Waals surface area contributed by atoms with Crippen molar-refractivity contribution in [3.63, 3.8) is 0 Å². The lowest BCUT2D eigenvalue weighted by Crippen LogP contribution is -2.22. The molecule has 1 amide bonds. The molecule has 3 heteroatoms. The van der Waals surface area contributed by atoms with Crippen molar-refractivity contribution in [3.05, 3.63) is 57.8 Å². The lowest BCUT2D eigenvalue weighted by atomic mass is 10.1. The first kappa shape index (κ1) is 12.8. The van der Waals surface area contributed by atoms with E-state index in [9.17, 15) is 4.79 Å². The van der Waals surface area contributed by atoms with Crippen LogP contribution >= 0.6 is 11.3 Å². The molecule has 1 heterocycles. The predicted molar refractivity (Wildman–Crippen MR) is 75.7 cm³/mol. The topological polar surface area (TPSA) is 29.1 Å². The normalized spacial score (nSPS) is 10.3. The van der Waals surface area contributed by atoms with Crippen LogP contribution in [0.15, 0.2) is 41.1 Å². The van der Waals surface area contributed by atoms with Crippen molar-refractivity contribution in [2.75, 3.05) is 0 Å². The Morgan fingerprint density at radius 3 is 2.89 bits per heavy atom. The zero-order valence-corrected chi connectivity index (χ0v) is 11.3. The summed E-state index contributed by atoms with van der Waals surface area (Å²) in [5.74, 6) is 0.114. The summed E-state index contributed by atoms with van der Waals surface area (Å²) in [5.41, 5.74) is 3.62. The number of benzene rings is 1. The molecule has 94 valence electrons. The van der Waals surface area contributed by atoms with Crippen molar-refractivity contribution in [1.29, 1.82) is 0 Å². The number of amides is 1. The second kappa shape index (κ2) is 6.36. The van der Waals surface area contributed by atoms with Gasteiger partial charge in [-0.2, -0.15) is 11.3 Å². The highest BCUT2D eigenvalue weighted by Crippen LogP contribution is 2.08. The average molecular weight is 259 g/mol. The van der Waals surface area contributed by atoms with Gasteiger partial charge < -0.3 is 5.32 Å². The Kier molecular flexibility index (Phi) is 4.53. The highest BCUT2D eigenvalue weighted by Gasteiger charge is 2.02. The van der Waals surface area contributed by atoms with Gasteiger partial charge in [-0.25, -0.2) is 0 Å². The van der Waals surface area contributed by atoms with E-state index >= 15 is 0 Å². The monoisotopic (exact) mass is 259 g/mol. The van der Waals surface area contributed by atoms with Crippen molar-refractivity contribution in [3.8, 4) is 0 Å². The molecule has 0 saturated heterocycles. The smallest absolute Gasteiger partial charge is 0.220 e. The molecule has 1 aromatic heterocycles. The summed E-state index contributed by atoms with van der Waals surface area (Å²) in [4.78, 5) is 11.7. The molecule has 0 bridgehead atoms. The van der Waals surface area contributed by atoms with Crippen LogP contribution in [0.5, 0.6) is 0 Å². The Hall–Kier alpha value is -1.61. The molecule has 0 saturated carbocycles. The van der Waals surface area contributed by atoms with E-state index < -0.39 is 0 Å². The maximum absolute atomic E-state index is 11.7. The molecule has 0 aliphatic carbocycles. The first-order chi connectivity index (χ1) is 8.74. The van der Waals surface area contributed by atoms with Gasteiger partial charge in [-0.1, -0.05) is 29.8 Å². The number of carbonyl (C=O) groups is 1. The van der Waals surface area contributed by atoms with E-state index in [1.165, 1.54) is 11.1 Å². The minimum atomic E-state index is 0.114. The second-order valence-corrected chi connectivity index (χ2v) is 5.18. The summed E-state index contributed by atoms with van der Waals surface area (Å²) < 4.78 is 0. The van der Waals surface area contributed by atoms with Gasteiger partial charge in [-0.15, -0.1) is 0 Å². The number of rotatable bonds is 5. The predicted octanol–water partition coefficient (Wildman–Crippen LogP) is 3.31. The fourth-order valence-electron chi connectivity index (χ4n) is 1.80. The minimum Gasteiger partial charge on any atom is -0.352 e. The van der Waals surface area contributed by atoms with Crippen LogP contribution < -0.4 is 5.32 Å². The summed E-state index contributed by atoms with van der Waals surface area (Å²) in [6.45, 7) is 2.67. The van der Waals surface area contributed by atoms with Gasteiger partial charge in [-0.05, 0) is 41.3 Å². The molecule has 2 nitrogen and oxygen atoms in total. The number of hydrogen-bond donors (Lipinski definition) is 1. The van der Waals surface area contributed by atoms with Crippen LogP contribution in [0.2, 0.25) is 0 Å². The van der Waals surface area contributed by atoms with Crippen LogP contribution in [0.4, 0.5) is 0 Å². The van der Waals surface area contributed by atoms with E-state index in [0.29, 0.717) is 13.0 Å². The number of aryl methyl sites for hydroxylation is 2. The molecule has 0 unspecified atom stereocenters. The van der Waals surface area contributed by atoms with Crippen molar-refractivity contribution < 1.29 is 4.79 Å². The quantitative estimate of drug-likeness (QED) is 0.877. The average Bonchev–Trinajstić information content (AvgIpc) is 2.87. The third kappa shape index (κ3) is 4.00. The third-order valence-corrected chi connectivity index (χ3v) is 3.53. The van der Waals surface area contributed by atoms with Crippen LogP contribution in [-0.2, 0) is 17.8 Å². The summed E-state index contributed by atoms with van der Waals surface area (Å²) >= 11 is 1.67. The van der Waals surface area contributed by atoms with E-state index in [0.717, 1.165) is 12.0 Å². The second-order valence-electron chi connectivity index (χ2n) is 4.40. The standard InChI is InChI=1S/C15H17NOS/c1-12-3-2-4-14(9-12)10-16-15(17)6-5-13-7-8-18-11-13/h2-4,7-9,11H,5-6,10H2,1H3,(H,16,17). The van der Waals surface area contributed by atoms with Crippen molar-refractivity contribution in [2.45, 2.75) is 26.3 Å². The largest absolute Gasteiger partial charge is 0.352 e. The van der Waals surface area contributed by atoms with Gasteiger partial charge in [0.1, 0.15) is 0 Å². The molecule has 0 spiro atoms. The van der Waals surface area contributed by atoms with Gasteiger partial charge in [-0.3, -0.25) is 4.79 Å². The molecular weight excluding hydrogens is 242 g/mol. The zero-order chi connectivity index (χ0) is 12.8. The maximum Gasteiger partial charge on any atom is 0.220 e. The SMILES string of the molecule is Cc1cccc(CNC(=O)CCc2ccsc2)c1. The molecular formula is C15H17NOS. The minimum absolute atomic E-state index is 0.114. The zero-order valence-electron chi connectivity index (χ0n) is 10.5. The van der Waals surface area contributed by atoms with E-state index in [2.05, 4.69) is 35.8 Å². The molecule has 0 aliphatic rings. The molecule has 0 radical (unpaired) electrons. The fourth-order valence-corrected chi connectivity index (χ4v) is 2.51. The number of nitrogens with one attached hydrogen (secondary N) is 1. The van der Waals surface area contributed by atoms with E-state index in [1.807, 2.05) is 17.5 Å². The molecule has 2 rings (SSSR count). The molecule has 0 fully saturated rings. The maximum atomic E-state index is 11.7. The first-order valence-electron chi connectivity index (χ1n) is 6.07. The molecule has 0 atom stereocenters. The van der Waals surface area contributed by atoms with Gasteiger partial charge in [0.25, 0.3) is 0 Å². The molecule has 18 heavy (non-hydrogen) atoms. The van der Waals surface area contributed by atoms with E-state index in [4.69, 9.17) is 0 Å². The Morgan fingerprint density at radius 1 is 1.28 bits per heavy atom. The fraction of sp³-hybridized carbons (Fsp3) is 0.267. The van der Waals surface area contributed by atoms with Crippen molar-refractivity contribution in [1.82, 2.24) is 5.32 Å². The number of thiophene rings is 1. The van der Waals surface area contributed by atoms with E-state index in [-0.39, 0.29) is 5.91 Å². The van der Waals surface area contributed by atoms with Crippen LogP contribution in [-0.4, -0.2) is 5.91 Å². The van der Waals surface area contributed by atoms with Gasteiger partial charge in [0, 0.05) is 13.0 Å². The number of carbonyl (C=O) groups excluding carboxylic acids is 1. The molecule has 2 aromatic rings. The number of hydrogen-bond acceptors (Lipinski definition) is 2. The van der Waals surface area contributed by atoms with Gasteiger partial charge in [0.15, 0.2) is 0 Å². The lowest BCUT2D eigenvalue weighted by molar-refractivity contribution is -0.121. The van der Waals surface area contributed by atoms with Crippen LogP contribution in [0.3, 0.4) is 0 Å². The summed E-state index contributed by atoms with van der Waals surface area (Å²) in [6, 6.07) is 10.3. The van der Waals surface area contributed by atoms with Gasteiger partial charge in [0.05, 0.1) is 0 Å². The summed E-state index contributed by atoms with van der Waals surface area (Å²) in [6.07, 6.45) is 1.38. The Morgan fingerprint density at radius 2 is 2.17 bits per heavy atom. The van der Waals surface area contributed by atoms with Crippen molar-refractivity contribution in [2.24, 2.45) is 0 Å². The Bertz CT molecular complexity index is 505. The molecule has 1 N–H and O–H groups in total. The summed E-state index contributed by atoms with van der Waals surface area (Å²) in [7, 11) is 0. The summed E-state index contributed by atoms with van der Waals surface area (Å²) in [5, 5.41) is 7.09. The first-order valence-corrected chi connectivity index (χ1v) is 7.01. The van der Waals surface area contributed by atoms with Crippen LogP contribution in [0.25, 0.3) is 0 Å². The highest BCUT2D eigenvalue weighted by molar-refractivity contribution is 7.07. The third-order valence-electron chi connectivity index (χ3n) is 2.79. The van der Waals surface area contributed by atoms with E-state index in [1.54, 1.807) is 11.3 Å². The Balaban J connectivity index is 1.75. The van der Waals surface area contributed by atoms with Gasteiger partial charge in [0.2, 0.25) is 5.91 Å². The molecule has 0 aliphatic heterocycles. The lowest BCUT2D eigenvalue weighted by Gasteiger charge is -2.05. The Labute approximate surface area is 112 Å². The van der Waals surface area contributed by atoms with Crippen LogP contribution in [0, 0.1) is 6.92 Å². The van der Waals surface area contributed by atoms with Crippen LogP contribution in [0.1, 0.15) is 23.1 Å². The van der Waals surface area contributed by atoms with Crippen molar-refractivity contribution >= 4 is 17.2 Å². The highest BCUT2D eigenvalue weighted by atomic mass is 32.1.